The van der Waals surface area contributed by atoms with Gasteiger partial charge in [0.2, 0.25) is 0 Å². The molecule has 0 aromatic heterocycles. The zero-order valence-electron chi connectivity index (χ0n) is 12.6. The molecular formula is C8HF17O3SZr. The molecule has 30 heavy (non-hydrogen) atoms. The molecule has 0 saturated carbocycles. The largest absolute Gasteiger partial charge is 0.460 e. The fraction of sp³-hybridized carbons (Fsp3) is 1.00. The van der Waals surface area contributed by atoms with Gasteiger partial charge in [-0.25, -0.2) is 0 Å². The summed E-state index contributed by atoms with van der Waals surface area (Å²) in [7, 11) is -7.89. The Labute approximate surface area is 171 Å². The molecule has 1 N–H and O–H groups in total. The normalized spacial score (nSPS) is 16.3. The van der Waals surface area contributed by atoms with E-state index in [1.54, 1.807) is 0 Å². The summed E-state index contributed by atoms with van der Waals surface area (Å²) in [6, 6.07) is 0. The monoisotopic (exact) mass is 590 g/mol. The van der Waals surface area contributed by atoms with E-state index in [1.807, 2.05) is 0 Å². The summed E-state index contributed by atoms with van der Waals surface area (Å²) < 4.78 is 242. The van der Waals surface area contributed by atoms with E-state index in [4.69, 9.17) is 4.55 Å². The Hall–Kier alpha value is -0.397. The van der Waals surface area contributed by atoms with E-state index in [9.17, 15) is 83.1 Å². The van der Waals surface area contributed by atoms with Crippen LogP contribution in [0.2, 0.25) is 0 Å². The first-order valence-electron chi connectivity index (χ1n) is 5.68. The first-order chi connectivity index (χ1) is 12.0. The van der Waals surface area contributed by atoms with E-state index < -0.39 is 57.1 Å². The Morgan fingerprint density at radius 1 is 0.433 bits per heavy atom. The van der Waals surface area contributed by atoms with Crippen molar-refractivity contribution in [2.24, 2.45) is 0 Å². The molecule has 0 heterocycles. The second kappa shape index (κ2) is 7.58. The maximum atomic E-state index is 13.0. The molecule has 0 amide bonds. The second-order valence-electron chi connectivity index (χ2n) is 4.94. The molecule has 0 rings (SSSR count). The van der Waals surface area contributed by atoms with Crippen LogP contribution in [0.1, 0.15) is 0 Å². The smallest absolute Gasteiger partial charge is 0.281 e. The third-order valence-electron chi connectivity index (χ3n) is 3.02. The molecule has 0 aliphatic carbocycles. The number of hydrogen-bond acceptors (Lipinski definition) is 2. The summed E-state index contributed by atoms with van der Waals surface area (Å²) in [6.45, 7) is 0. The fourth-order valence-corrected chi connectivity index (χ4v) is 1.76. The van der Waals surface area contributed by atoms with Crippen molar-refractivity contribution in [3.63, 3.8) is 0 Å². The molecule has 0 aromatic rings. The maximum absolute atomic E-state index is 13.0. The molecule has 0 atom stereocenters. The van der Waals surface area contributed by atoms with Crippen molar-refractivity contribution in [1.82, 2.24) is 0 Å². The van der Waals surface area contributed by atoms with Crippen molar-refractivity contribution in [3.05, 3.63) is 0 Å². The molecule has 0 aliphatic heterocycles. The molecule has 0 saturated heterocycles. The summed E-state index contributed by atoms with van der Waals surface area (Å²) in [6.07, 6.45) is -7.88. The molecule has 3 nitrogen and oxygen atoms in total. The summed E-state index contributed by atoms with van der Waals surface area (Å²) in [5.74, 6) is -52.0. The van der Waals surface area contributed by atoms with Crippen molar-refractivity contribution in [2.75, 3.05) is 0 Å². The molecule has 0 unspecified atom stereocenters. The van der Waals surface area contributed by atoms with Crippen LogP contribution in [0.5, 0.6) is 0 Å². The minimum absolute atomic E-state index is 0. The van der Waals surface area contributed by atoms with Crippen LogP contribution in [-0.4, -0.2) is 59.9 Å². The van der Waals surface area contributed by atoms with Crippen LogP contribution in [0.15, 0.2) is 0 Å². The minimum atomic E-state index is -8.89. The topological polar surface area (TPSA) is 54.4 Å². The first kappa shape index (κ1) is 31.8. The van der Waals surface area contributed by atoms with Gasteiger partial charge in [0.15, 0.2) is 0 Å². The zero-order chi connectivity index (χ0) is 24.5. The van der Waals surface area contributed by atoms with Crippen LogP contribution >= 0.6 is 0 Å². The number of alkyl halides is 17. The van der Waals surface area contributed by atoms with Gasteiger partial charge in [-0.1, -0.05) is 0 Å². The van der Waals surface area contributed by atoms with E-state index in [0.29, 0.717) is 0 Å². The molecule has 0 spiro atoms. The average molecular weight is 591 g/mol. The third-order valence-corrected chi connectivity index (χ3v) is 3.92. The summed E-state index contributed by atoms with van der Waals surface area (Å²) >= 11 is 0. The van der Waals surface area contributed by atoms with Gasteiger partial charge in [-0.05, 0) is 0 Å². The quantitative estimate of drug-likeness (QED) is 0.341. The van der Waals surface area contributed by atoms with E-state index >= 15 is 0 Å². The molecule has 0 radical (unpaired) electrons. The summed E-state index contributed by atoms with van der Waals surface area (Å²) in [5, 5.41) is -7.84. The molecule has 22 heteroatoms. The van der Waals surface area contributed by atoms with Crippen LogP contribution in [0.4, 0.5) is 74.6 Å². The Kier molecular flexibility index (Phi) is 8.04. The van der Waals surface area contributed by atoms with Crippen molar-refractivity contribution in [1.29, 1.82) is 0 Å². The Morgan fingerprint density at radius 2 is 0.633 bits per heavy atom. The third kappa shape index (κ3) is 3.81. The second-order valence-corrected chi connectivity index (χ2v) is 6.40. The van der Waals surface area contributed by atoms with Crippen LogP contribution in [0, 0.1) is 0 Å². The zero-order valence-corrected chi connectivity index (χ0v) is 15.9. The van der Waals surface area contributed by atoms with E-state index in [2.05, 4.69) is 0 Å². The molecular weight excluding hydrogens is 590 g/mol. The van der Waals surface area contributed by atoms with Gasteiger partial charge < -0.3 is 0 Å². The van der Waals surface area contributed by atoms with E-state index in [1.165, 1.54) is 0 Å². The SMILES string of the molecule is O=S(=O)(O)C(F)(F)C(F)(F)C(F)(F)C(F)(F)C(F)(F)C(F)(F)C(F)(F)C(F)(F)F.[Zr]. The minimum Gasteiger partial charge on any atom is -0.281 e. The van der Waals surface area contributed by atoms with Gasteiger partial charge in [-0.15, -0.1) is 0 Å². The number of hydrogen-bond donors (Lipinski definition) is 1. The Morgan fingerprint density at radius 3 is 0.833 bits per heavy atom. The van der Waals surface area contributed by atoms with Crippen molar-refractivity contribution >= 4 is 10.1 Å². The van der Waals surface area contributed by atoms with Gasteiger partial charge in [0.1, 0.15) is 0 Å². The summed E-state index contributed by atoms with van der Waals surface area (Å²) in [5.41, 5.74) is 0. The number of rotatable bonds is 7. The van der Waals surface area contributed by atoms with Crippen LogP contribution < -0.4 is 0 Å². The predicted octanol–water partition coefficient (Wildman–Crippen LogP) is 4.84. The van der Waals surface area contributed by atoms with Crippen molar-refractivity contribution in [2.45, 2.75) is 47.0 Å². The van der Waals surface area contributed by atoms with Gasteiger partial charge in [0.25, 0.3) is 0 Å². The van der Waals surface area contributed by atoms with Crippen LogP contribution in [-0.2, 0) is 36.3 Å². The van der Waals surface area contributed by atoms with E-state index in [0.717, 1.165) is 0 Å². The Bertz CT molecular complexity index is 739. The van der Waals surface area contributed by atoms with Gasteiger partial charge in [0.05, 0.1) is 0 Å². The van der Waals surface area contributed by atoms with Crippen LogP contribution in [0.3, 0.4) is 0 Å². The fourth-order valence-electron chi connectivity index (χ4n) is 1.31. The van der Waals surface area contributed by atoms with E-state index in [-0.39, 0.29) is 26.2 Å². The van der Waals surface area contributed by atoms with Gasteiger partial charge in [-0.3, -0.25) is 4.55 Å². The van der Waals surface area contributed by atoms with Crippen LogP contribution in [0.25, 0.3) is 0 Å². The standard InChI is InChI=1S/C8HF17O3S.Zr/c9-1(10,3(13,14)5(17,18)7(21,22)23)2(11,12)4(15,16)6(19,20)8(24,25)29(26,27)28;/h(H,26,27,28);. The van der Waals surface area contributed by atoms with Gasteiger partial charge in [-0.2, -0.15) is 83.1 Å². The molecule has 0 aromatic carbocycles. The van der Waals surface area contributed by atoms with Crippen molar-refractivity contribution in [3.8, 4) is 0 Å². The predicted molar refractivity (Wildman–Crippen MR) is 52.2 cm³/mol. The van der Waals surface area contributed by atoms with Gasteiger partial charge in [0, 0.05) is 26.2 Å². The Balaban J connectivity index is 0. The molecule has 0 fully saturated rings. The molecule has 0 bridgehead atoms. The maximum Gasteiger partial charge on any atom is 0.460 e. The van der Waals surface area contributed by atoms with Gasteiger partial charge >= 0.3 is 57.1 Å². The number of halogens is 17. The average Bonchev–Trinajstić information content (AvgIpc) is 2.43. The molecule has 0 aliphatic rings. The molecule has 180 valence electrons. The first-order valence-corrected chi connectivity index (χ1v) is 7.12. The summed E-state index contributed by atoms with van der Waals surface area (Å²) in [4.78, 5) is 0. The van der Waals surface area contributed by atoms with Crippen molar-refractivity contribution < 1.29 is 114 Å².